The maximum atomic E-state index is 14.1. The molecule has 2 aliphatic rings. The molecule has 3 heterocycles. The van der Waals surface area contributed by atoms with Crippen LogP contribution in [0.4, 0.5) is 9.93 Å². The van der Waals surface area contributed by atoms with Crippen LogP contribution < -0.4 is 10.6 Å². The smallest absolute Gasteiger partial charge is 0.407 e. The molecular weight excluding hydrogens is 631 g/mol. The van der Waals surface area contributed by atoms with Gasteiger partial charge in [-0.3, -0.25) is 0 Å². The Balaban J connectivity index is 1.33. The fourth-order valence-corrected chi connectivity index (χ4v) is 8.37. The van der Waals surface area contributed by atoms with Gasteiger partial charge in [0.2, 0.25) is 10.0 Å². The number of fused-ring (bicyclic) bond motifs is 2. The van der Waals surface area contributed by atoms with E-state index in [1.807, 2.05) is 58.3 Å². The summed E-state index contributed by atoms with van der Waals surface area (Å²) >= 11 is 1.40. The molecular formula is C32H45N5O7S2. The van der Waals surface area contributed by atoms with Crippen LogP contribution in [-0.4, -0.2) is 112 Å². The van der Waals surface area contributed by atoms with Gasteiger partial charge in [0, 0.05) is 26.2 Å². The predicted octanol–water partition coefficient (Wildman–Crippen LogP) is 3.38. The highest BCUT2D eigenvalue weighted by Crippen LogP contribution is 2.33. The van der Waals surface area contributed by atoms with Crippen molar-refractivity contribution in [3.05, 3.63) is 54.1 Å². The first kappa shape index (κ1) is 34.5. The van der Waals surface area contributed by atoms with Gasteiger partial charge < -0.3 is 34.9 Å². The van der Waals surface area contributed by atoms with Gasteiger partial charge >= 0.3 is 6.09 Å². The summed E-state index contributed by atoms with van der Waals surface area (Å²) in [7, 11) is -0.0254. The molecule has 2 fully saturated rings. The number of nitrogens with one attached hydrogen (secondary N) is 2. The van der Waals surface area contributed by atoms with Crippen LogP contribution in [-0.2, 0) is 30.7 Å². The van der Waals surface area contributed by atoms with Gasteiger partial charge in [-0.05, 0) is 56.6 Å². The molecule has 1 aromatic heterocycles. The Morgan fingerprint density at radius 1 is 1.15 bits per heavy atom. The molecule has 3 aromatic rings. The van der Waals surface area contributed by atoms with E-state index in [1.54, 1.807) is 18.2 Å². The second-order valence-electron chi connectivity index (χ2n) is 12.6. The number of aromatic nitrogens is 1. The number of hydrogen-bond donors (Lipinski definition) is 3. The molecule has 2 aromatic carbocycles. The number of thiazole rings is 1. The van der Waals surface area contributed by atoms with Gasteiger partial charge in [-0.2, -0.15) is 4.31 Å². The van der Waals surface area contributed by atoms with E-state index in [0.717, 1.165) is 28.4 Å². The molecule has 0 aliphatic carbocycles. The number of aliphatic hydroxyl groups excluding tert-OH is 1. The summed E-state index contributed by atoms with van der Waals surface area (Å²) in [6.45, 7) is 6.16. The van der Waals surface area contributed by atoms with E-state index in [9.17, 15) is 18.3 Å². The normalized spacial score (nSPS) is 21.2. The number of benzene rings is 2. The zero-order valence-electron chi connectivity index (χ0n) is 26.8. The average Bonchev–Trinajstić information content (AvgIpc) is 3.73. The summed E-state index contributed by atoms with van der Waals surface area (Å²) in [6.07, 6.45) is -1.73. The number of carbonyl (C=O) groups is 1. The number of nitrogens with zero attached hydrogens (tertiary/aromatic N) is 3. The lowest BCUT2D eigenvalue weighted by molar-refractivity contribution is -0.0907. The number of amides is 1. The van der Waals surface area contributed by atoms with Crippen LogP contribution in [0, 0.1) is 11.8 Å². The van der Waals surface area contributed by atoms with Gasteiger partial charge in [0.25, 0.3) is 0 Å². The molecule has 0 radical (unpaired) electrons. The van der Waals surface area contributed by atoms with Crippen LogP contribution in [0.2, 0.25) is 0 Å². The number of anilines is 1. The molecule has 14 heteroatoms. The van der Waals surface area contributed by atoms with Crippen molar-refractivity contribution in [2.75, 3.05) is 58.8 Å². The molecule has 0 unspecified atom stereocenters. The van der Waals surface area contributed by atoms with Gasteiger partial charge in [0.1, 0.15) is 6.10 Å². The van der Waals surface area contributed by atoms with Crippen LogP contribution in [0.25, 0.3) is 10.2 Å². The molecule has 0 spiro atoms. The van der Waals surface area contributed by atoms with Crippen LogP contribution in [0.3, 0.4) is 0 Å². The minimum absolute atomic E-state index is 0.0175. The third-order valence-corrected chi connectivity index (χ3v) is 10.9. The Bertz CT molecular complexity index is 1550. The zero-order chi connectivity index (χ0) is 32.8. The minimum Gasteiger partial charge on any atom is -0.443 e. The van der Waals surface area contributed by atoms with Crippen LogP contribution in [0.15, 0.2) is 53.4 Å². The summed E-state index contributed by atoms with van der Waals surface area (Å²) < 4.78 is 47.1. The Hall–Kier alpha value is -2.85. The lowest BCUT2D eigenvalue weighted by atomic mass is 10.0. The summed E-state index contributed by atoms with van der Waals surface area (Å²) in [6, 6.07) is 13.5. The molecule has 0 bridgehead atoms. The zero-order valence-corrected chi connectivity index (χ0v) is 28.4. The van der Waals surface area contributed by atoms with Gasteiger partial charge in [-0.1, -0.05) is 55.5 Å². The molecule has 5 atom stereocenters. The summed E-state index contributed by atoms with van der Waals surface area (Å²) in [5, 5.41) is 18.4. The van der Waals surface area contributed by atoms with Crippen molar-refractivity contribution in [3.63, 3.8) is 0 Å². The van der Waals surface area contributed by atoms with Crippen molar-refractivity contribution >= 4 is 42.8 Å². The molecule has 252 valence electrons. The van der Waals surface area contributed by atoms with E-state index in [1.165, 1.54) is 15.6 Å². The molecule has 5 rings (SSSR count). The first-order chi connectivity index (χ1) is 22.0. The third-order valence-electron chi connectivity index (χ3n) is 8.10. The van der Waals surface area contributed by atoms with Crippen molar-refractivity contribution < 1.29 is 32.5 Å². The fraction of sp³-hybridized carbons (Fsp3) is 0.562. The van der Waals surface area contributed by atoms with Crippen LogP contribution in [0.5, 0.6) is 0 Å². The second kappa shape index (κ2) is 15.4. The average molecular weight is 676 g/mol. The number of hydrogen-bond acceptors (Lipinski definition) is 11. The molecule has 1 amide bonds. The molecule has 2 saturated heterocycles. The van der Waals surface area contributed by atoms with E-state index >= 15 is 0 Å². The molecule has 46 heavy (non-hydrogen) atoms. The van der Waals surface area contributed by atoms with Gasteiger partial charge in [-0.15, -0.1) is 0 Å². The van der Waals surface area contributed by atoms with Crippen molar-refractivity contribution in [3.8, 4) is 0 Å². The van der Waals surface area contributed by atoms with E-state index in [0.29, 0.717) is 18.7 Å². The number of alkyl carbamates (subject to hydrolysis) is 1. The first-order valence-corrected chi connectivity index (χ1v) is 18.0. The Morgan fingerprint density at radius 3 is 2.67 bits per heavy atom. The van der Waals surface area contributed by atoms with Crippen LogP contribution >= 0.6 is 11.3 Å². The number of aliphatic hydroxyl groups is 1. The van der Waals surface area contributed by atoms with E-state index < -0.39 is 34.4 Å². The summed E-state index contributed by atoms with van der Waals surface area (Å²) in [5.74, 6) is -0.0493. The standard InChI is InChI=1S/C32H45N5O7S2/c1-21(2)18-37(46(40,41)23-10-11-25-29(17-23)45-31(34-25)33-13-14-36(3)4)19-27(38)26(16-22-8-6-5-7-9-22)35-32(39)44-28-20-43-30-24(28)12-15-42-30/h5-11,17,21,24,26-28,30,38H,12-16,18-20H2,1-4H3,(H,33,34)(H,35,39)/t24-,26+,27-,28-,30+/m1/s1. The van der Waals surface area contributed by atoms with Gasteiger partial charge in [-0.25, -0.2) is 18.2 Å². The maximum absolute atomic E-state index is 14.1. The van der Waals surface area contributed by atoms with Gasteiger partial charge in [0.15, 0.2) is 11.4 Å². The molecule has 3 N–H and O–H groups in total. The monoisotopic (exact) mass is 675 g/mol. The molecule has 2 aliphatic heterocycles. The minimum atomic E-state index is -4.01. The highest BCUT2D eigenvalue weighted by atomic mass is 32.2. The SMILES string of the molecule is CC(C)CN(C[C@@H](O)[C@H](Cc1ccccc1)NC(=O)O[C@@H]1CO[C@@H]2OCC[C@@H]21)S(=O)(=O)c1ccc2nc(NCCN(C)C)sc2c1. The van der Waals surface area contributed by atoms with E-state index in [-0.39, 0.29) is 49.1 Å². The largest absolute Gasteiger partial charge is 0.443 e. The Kier molecular flexibility index (Phi) is 11.5. The predicted molar refractivity (Wildman–Crippen MR) is 177 cm³/mol. The highest BCUT2D eigenvalue weighted by molar-refractivity contribution is 7.89. The summed E-state index contributed by atoms with van der Waals surface area (Å²) in [4.78, 5) is 19.9. The van der Waals surface area contributed by atoms with Crippen LogP contribution in [0.1, 0.15) is 25.8 Å². The van der Waals surface area contributed by atoms with Crippen molar-refractivity contribution in [1.29, 1.82) is 0 Å². The number of carbonyl (C=O) groups excluding carboxylic acids is 1. The quantitative estimate of drug-likeness (QED) is 0.220. The van der Waals surface area contributed by atoms with Crippen molar-refractivity contribution in [1.82, 2.24) is 19.5 Å². The number of likely N-dealkylation sites (N-methyl/N-ethyl adjacent to an activating group) is 1. The number of ether oxygens (including phenoxy) is 3. The lowest BCUT2D eigenvalue weighted by Crippen LogP contribution is -2.51. The third kappa shape index (κ3) is 8.73. The second-order valence-corrected chi connectivity index (χ2v) is 15.5. The van der Waals surface area contributed by atoms with Gasteiger partial charge in [0.05, 0.1) is 46.4 Å². The number of sulfonamides is 1. The van der Waals surface area contributed by atoms with E-state index in [4.69, 9.17) is 14.2 Å². The highest BCUT2D eigenvalue weighted by Gasteiger charge is 2.44. The number of rotatable bonds is 15. The fourth-order valence-electron chi connectivity index (χ4n) is 5.71. The molecule has 0 saturated carbocycles. The maximum Gasteiger partial charge on any atom is 0.407 e. The van der Waals surface area contributed by atoms with Crippen molar-refractivity contribution in [2.45, 2.75) is 56.1 Å². The molecule has 12 nitrogen and oxygen atoms in total. The topological polar surface area (TPSA) is 143 Å². The summed E-state index contributed by atoms with van der Waals surface area (Å²) in [5.41, 5.74) is 1.59. The van der Waals surface area contributed by atoms with E-state index in [2.05, 4.69) is 20.5 Å². The first-order valence-electron chi connectivity index (χ1n) is 15.7. The van der Waals surface area contributed by atoms with Crippen molar-refractivity contribution in [2.24, 2.45) is 11.8 Å². The Labute approximate surface area is 275 Å². The lowest BCUT2D eigenvalue weighted by Gasteiger charge is -2.31. The Morgan fingerprint density at radius 2 is 1.93 bits per heavy atom.